The Hall–Kier alpha value is -2.47. The third kappa shape index (κ3) is 7.90. The second kappa shape index (κ2) is 13.2. The summed E-state index contributed by atoms with van der Waals surface area (Å²) in [6.45, 7) is 6.51. The molecule has 4 rings (SSSR count). The van der Waals surface area contributed by atoms with Gasteiger partial charge in [0.2, 0.25) is 0 Å². The van der Waals surface area contributed by atoms with Crippen LogP contribution in [0.1, 0.15) is 25.0 Å². The van der Waals surface area contributed by atoms with E-state index in [4.69, 9.17) is 5.11 Å². The number of hydrogen-bond acceptors (Lipinski definition) is 3. The summed E-state index contributed by atoms with van der Waals surface area (Å²) in [6.07, 6.45) is 0.838. The second-order valence-corrected chi connectivity index (χ2v) is 8.62. The number of hydrogen-bond donors (Lipinski definition) is 2. The highest BCUT2D eigenvalue weighted by Crippen LogP contribution is 2.26. The summed E-state index contributed by atoms with van der Waals surface area (Å²) in [5, 5.41) is 15.1. The Kier molecular flexibility index (Phi) is 10.6. The molecule has 0 spiro atoms. The number of thiazole rings is 1. The summed E-state index contributed by atoms with van der Waals surface area (Å²) in [5.74, 6) is 0. The van der Waals surface area contributed by atoms with E-state index in [0.29, 0.717) is 0 Å². The zero-order valence-electron chi connectivity index (χ0n) is 18.9. The van der Waals surface area contributed by atoms with Crippen molar-refractivity contribution < 1.29 is 9.67 Å². The van der Waals surface area contributed by atoms with Crippen LogP contribution in [0.4, 0.5) is 10.8 Å². The van der Waals surface area contributed by atoms with Crippen LogP contribution in [0.25, 0.3) is 11.3 Å². The van der Waals surface area contributed by atoms with Gasteiger partial charge in [0.1, 0.15) is 11.4 Å². The standard InChI is InChI=1S/C24H22N2S.C3H8O.BrH/c1-19-12-14-21(15-13-19)23-18-27-24(25-22-10-6-3-7-11-22)26(23)17-16-20-8-4-2-5-9-20;1-3(2)4;/h2-15,18H,16-17H2,1H3;3-4H,1-2H3;1H/p+1. The molecule has 0 bridgehead atoms. The molecule has 0 aliphatic rings. The number of nitrogens with one attached hydrogen (secondary N) is 1. The average Bonchev–Trinajstić information content (AvgIpc) is 3.16. The van der Waals surface area contributed by atoms with Crippen LogP contribution in [0.3, 0.4) is 0 Å². The molecule has 0 unspecified atom stereocenters. The van der Waals surface area contributed by atoms with Gasteiger partial charge in [0.15, 0.2) is 0 Å². The molecule has 3 aromatic carbocycles. The maximum absolute atomic E-state index is 8.06. The van der Waals surface area contributed by atoms with Crippen LogP contribution < -0.4 is 9.88 Å². The van der Waals surface area contributed by atoms with Crippen molar-refractivity contribution in [2.45, 2.75) is 39.8 Å². The molecule has 0 aliphatic carbocycles. The third-order valence-electron chi connectivity index (χ3n) is 4.66. The van der Waals surface area contributed by atoms with Gasteiger partial charge in [-0.1, -0.05) is 89.7 Å². The van der Waals surface area contributed by atoms with E-state index in [9.17, 15) is 0 Å². The molecule has 0 radical (unpaired) electrons. The minimum absolute atomic E-state index is 0. The van der Waals surface area contributed by atoms with E-state index in [2.05, 4.69) is 101 Å². The summed E-state index contributed by atoms with van der Waals surface area (Å²) >= 11 is 1.76. The lowest BCUT2D eigenvalue weighted by molar-refractivity contribution is -0.667. The van der Waals surface area contributed by atoms with Gasteiger partial charge in [-0.25, -0.2) is 9.88 Å². The molecule has 5 heteroatoms. The van der Waals surface area contributed by atoms with Crippen LogP contribution in [0, 0.1) is 6.92 Å². The van der Waals surface area contributed by atoms with Crippen LogP contribution in [0.15, 0.2) is 90.3 Å². The van der Waals surface area contributed by atoms with Gasteiger partial charge in [0.05, 0.1) is 6.54 Å². The first-order chi connectivity index (χ1) is 15.0. The van der Waals surface area contributed by atoms with Gasteiger partial charge in [-0.15, -0.1) is 17.0 Å². The average molecular weight is 513 g/mol. The number of halogens is 1. The van der Waals surface area contributed by atoms with Gasteiger partial charge in [0, 0.05) is 23.5 Å². The summed E-state index contributed by atoms with van der Waals surface area (Å²) in [7, 11) is 0. The Labute approximate surface area is 206 Å². The fourth-order valence-corrected chi connectivity index (χ4v) is 4.13. The van der Waals surface area contributed by atoms with E-state index in [0.717, 1.165) is 23.8 Å². The lowest BCUT2D eigenvalue weighted by Gasteiger charge is -2.07. The monoisotopic (exact) mass is 511 g/mol. The number of anilines is 2. The molecule has 0 atom stereocenters. The van der Waals surface area contributed by atoms with Crippen LogP contribution in [0.5, 0.6) is 0 Å². The molecule has 3 nitrogen and oxygen atoms in total. The number of aliphatic hydroxyl groups is 1. The van der Waals surface area contributed by atoms with E-state index in [1.165, 1.54) is 22.4 Å². The van der Waals surface area contributed by atoms with Crippen molar-refractivity contribution in [2.24, 2.45) is 0 Å². The largest absolute Gasteiger partial charge is 0.394 e. The number of rotatable bonds is 6. The second-order valence-electron chi connectivity index (χ2n) is 7.76. The maximum atomic E-state index is 8.06. The molecule has 32 heavy (non-hydrogen) atoms. The molecule has 0 aliphatic heterocycles. The first-order valence-electron chi connectivity index (χ1n) is 10.7. The predicted octanol–water partition coefficient (Wildman–Crippen LogP) is 6.96. The van der Waals surface area contributed by atoms with Gasteiger partial charge in [0.25, 0.3) is 0 Å². The van der Waals surface area contributed by atoms with Crippen molar-refractivity contribution >= 4 is 39.1 Å². The van der Waals surface area contributed by atoms with Gasteiger partial charge < -0.3 is 5.11 Å². The summed E-state index contributed by atoms with van der Waals surface area (Å²) in [4.78, 5) is 0. The maximum Gasteiger partial charge on any atom is 0.339 e. The minimum atomic E-state index is -0.167. The van der Waals surface area contributed by atoms with E-state index < -0.39 is 0 Å². The number of aromatic nitrogens is 1. The third-order valence-corrected chi connectivity index (χ3v) is 5.54. The van der Waals surface area contributed by atoms with Crippen LogP contribution in [-0.4, -0.2) is 11.2 Å². The summed E-state index contributed by atoms with van der Waals surface area (Å²) in [6, 6.07) is 29.8. The fourth-order valence-electron chi connectivity index (χ4n) is 3.15. The Balaban J connectivity index is 0.000000672. The molecule has 1 aromatic heterocycles. The molecule has 1 heterocycles. The highest BCUT2D eigenvalue weighted by Gasteiger charge is 2.19. The van der Waals surface area contributed by atoms with E-state index in [-0.39, 0.29) is 23.1 Å². The molecule has 0 fully saturated rings. The van der Waals surface area contributed by atoms with Gasteiger partial charge in [-0.2, -0.15) is 0 Å². The molecule has 0 amide bonds. The van der Waals surface area contributed by atoms with Gasteiger partial charge in [-0.3, -0.25) is 0 Å². The van der Waals surface area contributed by atoms with Crippen molar-refractivity contribution in [1.82, 2.24) is 0 Å². The van der Waals surface area contributed by atoms with E-state index >= 15 is 0 Å². The Morgan fingerprint density at radius 3 is 2.03 bits per heavy atom. The molecule has 2 N–H and O–H groups in total. The Bertz CT molecular complexity index is 1050. The molecule has 168 valence electrons. The molecule has 0 saturated heterocycles. The Morgan fingerprint density at radius 2 is 1.44 bits per heavy atom. The van der Waals surface area contributed by atoms with Crippen molar-refractivity contribution in [3.05, 3.63) is 101 Å². The lowest BCUT2D eigenvalue weighted by Crippen LogP contribution is -2.37. The minimum Gasteiger partial charge on any atom is -0.394 e. The topological polar surface area (TPSA) is 36.1 Å². The van der Waals surface area contributed by atoms with E-state index in [1.807, 2.05) is 6.07 Å². The number of para-hydroxylation sites is 1. The smallest absolute Gasteiger partial charge is 0.339 e. The van der Waals surface area contributed by atoms with Crippen LogP contribution in [0.2, 0.25) is 0 Å². The fraction of sp³-hybridized carbons (Fsp3) is 0.222. The molecular weight excluding hydrogens is 480 g/mol. The highest BCUT2D eigenvalue weighted by atomic mass is 79.9. The highest BCUT2D eigenvalue weighted by molar-refractivity contribution is 8.93. The lowest BCUT2D eigenvalue weighted by atomic mass is 10.1. The van der Waals surface area contributed by atoms with Crippen LogP contribution >= 0.6 is 28.3 Å². The zero-order chi connectivity index (χ0) is 22.1. The first kappa shape index (κ1) is 25.8. The van der Waals surface area contributed by atoms with Crippen molar-refractivity contribution in [3.8, 4) is 11.3 Å². The summed E-state index contributed by atoms with van der Waals surface area (Å²) in [5.41, 5.74) is 6.27. The normalized spacial score (nSPS) is 10.2. The molecule has 4 aromatic rings. The number of aryl methyl sites for hydroxylation is 2. The molecular formula is C27H32BrN2OS+. The Morgan fingerprint density at radius 1 is 0.875 bits per heavy atom. The van der Waals surface area contributed by atoms with Gasteiger partial charge >= 0.3 is 5.13 Å². The predicted molar refractivity (Wildman–Crippen MR) is 142 cm³/mol. The van der Waals surface area contributed by atoms with Crippen LogP contribution in [-0.2, 0) is 13.0 Å². The van der Waals surface area contributed by atoms with Crippen molar-refractivity contribution in [2.75, 3.05) is 5.32 Å². The summed E-state index contributed by atoms with van der Waals surface area (Å²) < 4.78 is 2.40. The SMILES string of the molecule is Br.CC(C)O.Cc1ccc(-c2csc(Nc3ccccc3)[n+]2CCc2ccccc2)cc1. The van der Waals surface area contributed by atoms with Gasteiger partial charge in [-0.05, 0) is 38.5 Å². The number of benzene rings is 3. The quantitative estimate of drug-likeness (QED) is 0.274. The van der Waals surface area contributed by atoms with E-state index in [1.54, 1.807) is 25.2 Å². The number of aliphatic hydroxyl groups excluding tert-OH is 1. The molecule has 0 saturated carbocycles. The number of nitrogens with zero attached hydrogens (tertiary/aromatic N) is 1. The van der Waals surface area contributed by atoms with Crippen molar-refractivity contribution in [3.63, 3.8) is 0 Å². The first-order valence-corrected chi connectivity index (χ1v) is 11.5. The zero-order valence-corrected chi connectivity index (χ0v) is 21.4. The van der Waals surface area contributed by atoms with Crippen molar-refractivity contribution in [1.29, 1.82) is 0 Å².